The van der Waals surface area contributed by atoms with Crippen LogP contribution in [-0.4, -0.2) is 0 Å². The van der Waals surface area contributed by atoms with Crippen LogP contribution in [0.15, 0.2) is 217 Å². The van der Waals surface area contributed by atoms with Gasteiger partial charge in [-0.15, -0.1) is 0 Å². The van der Waals surface area contributed by atoms with Gasteiger partial charge in [0, 0.05) is 38.5 Å². The molecule has 0 amide bonds. The van der Waals surface area contributed by atoms with Crippen molar-refractivity contribution in [3.63, 3.8) is 0 Å². The molecule has 0 unspecified atom stereocenters. The van der Waals surface area contributed by atoms with Gasteiger partial charge < -0.3 is 9.32 Å². The maximum Gasteiger partial charge on any atom is 0.136 e. The summed E-state index contributed by atoms with van der Waals surface area (Å²) in [6.07, 6.45) is 0. The molecule has 0 radical (unpaired) electrons. The quantitative estimate of drug-likeness (QED) is 0.161. The zero-order valence-electron chi connectivity index (χ0n) is 35.1. The molecular weight excluding hydrogens is 763 g/mol. The lowest BCUT2D eigenvalue weighted by Crippen LogP contribution is -2.16. The van der Waals surface area contributed by atoms with Gasteiger partial charge in [-0.2, -0.15) is 0 Å². The highest BCUT2D eigenvalue weighted by molar-refractivity contribution is 6.34. The zero-order chi connectivity index (χ0) is 41.8. The van der Waals surface area contributed by atoms with Crippen LogP contribution >= 0.6 is 0 Å². The van der Waals surface area contributed by atoms with E-state index >= 15 is 0 Å². The molecule has 2 heteroatoms. The molecule has 0 atom stereocenters. The van der Waals surface area contributed by atoms with Crippen LogP contribution < -0.4 is 4.90 Å². The van der Waals surface area contributed by atoms with Crippen molar-refractivity contribution in [2.45, 2.75) is 19.3 Å². The molecule has 1 aliphatic carbocycles. The molecule has 1 heterocycles. The number of benzene rings is 11. The number of para-hydroxylation sites is 2. The van der Waals surface area contributed by atoms with Gasteiger partial charge in [0.15, 0.2) is 0 Å². The normalized spacial score (nSPS) is 13.0. The summed E-state index contributed by atoms with van der Waals surface area (Å²) in [6, 6.07) is 78.1. The first-order valence-corrected chi connectivity index (χ1v) is 21.9. The Labute approximate surface area is 365 Å². The molecule has 0 saturated carbocycles. The van der Waals surface area contributed by atoms with E-state index in [4.69, 9.17) is 4.42 Å². The first-order valence-electron chi connectivity index (χ1n) is 21.9. The Bertz CT molecular complexity index is 3830. The van der Waals surface area contributed by atoms with E-state index in [1.54, 1.807) is 0 Å². The molecule has 0 spiro atoms. The monoisotopic (exact) mass is 803 g/mol. The lowest BCUT2D eigenvalue weighted by atomic mass is 9.82. The van der Waals surface area contributed by atoms with Crippen molar-refractivity contribution in [1.82, 2.24) is 0 Å². The second-order valence-electron chi connectivity index (χ2n) is 17.6. The molecule has 11 aromatic carbocycles. The van der Waals surface area contributed by atoms with Gasteiger partial charge in [-0.05, 0) is 137 Å². The molecule has 1 aromatic heterocycles. The fourth-order valence-electron chi connectivity index (χ4n) is 10.8. The number of furan rings is 1. The van der Waals surface area contributed by atoms with Crippen LogP contribution in [0.5, 0.6) is 0 Å². The molecule has 0 saturated heterocycles. The van der Waals surface area contributed by atoms with Crippen molar-refractivity contribution in [3.05, 3.63) is 223 Å². The minimum atomic E-state index is -0.138. The topological polar surface area (TPSA) is 16.4 Å². The maximum atomic E-state index is 6.44. The van der Waals surface area contributed by atoms with Crippen molar-refractivity contribution in [2.75, 3.05) is 4.90 Å². The van der Waals surface area contributed by atoms with E-state index in [1.165, 1.54) is 87.4 Å². The van der Waals surface area contributed by atoms with Crippen LogP contribution in [0.3, 0.4) is 0 Å². The third kappa shape index (κ3) is 5.38. The van der Waals surface area contributed by atoms with Crippen molar-refractivity contribution in [1.29, 1.82) is 0 Å². The van der Waals surface area contributed by atoms with E-state index in [-0.39, 0.29) is 5.41 Å². The van der Waals surface area contributed by atoms with Gasteiger partial charge in [-0.25, -0.2) is 0 Å². The number of hydrogen-bond donors (Lipinski definition) is 0. The first-order chi connectivity index (χ1) is 31.0. The summed E-state index contributed by atoms with van der Waals surface area (Å²) in [7, 11) is 0. The Hall–Kier alpha value is -7.94. The van der Waals surface area contributed by atoms with Crippen LogP contribution in [0.4, 0.5) is 17.1 Å². The molecule has 63 heavy (non-hydrogen) atoms. The summed E-state index contributed by atoms with van der Waals surface area (Å²) >= 11 is 0. The zero-order valence-corrected chi connectivity index (χ0v) is 35.1. The Morgan fingerprint density at radius 3 is 1.84 bits per heavy atom. The predicted molar refractivity (Wildman–Crippen MR) is 267 cm³/mol. The molecule has 13 rings (SSSR count). The molecule has 0 bridgehead atoms. The van der Waals surface area contributed by atoms with Gasteiger partial charge >= 0.3 is 0 Å². The molecular formula is C61H41NO. The Morgan fingerprint density at radius 2 is 0.968 bits per heavy atom. The maximum absolute atomic E-state index is 6.44. The summed E-state index contributed by atoms with van der Waals surface area (Å²) in [6.45, 7) is 4.72. The fourth-order valence-corrected chi connectivity index (χ4v) is 10.8. The minimum absolute atomic E-state index is 0.138. The van der Waals surface area contributed by atoms with E-state index < -0.39 is 0 Å². The van der Waals surface area contributed by atoms with E-state index in [1.807, 2.05) is 0 Å². The van der Waals surface area contributed by atoms with Crippen molar-refractivity contribution in [2.24, 2.45) is 0 Å². The SMILES string of the molecule is CC1(C)c2ccccc2-c2ccc(N(c3ccc(-c4ccc5ccccc5c4)cc3)c3ccccc3-c3ccc4c5ccccc5c5c(ccc6oc7ccccc7c65)c4c3)cc21. The highest BCUT2D eigenvalue weighted by atomic mass is 16.3. The first kappa shape index (κ1) is 35.8. The molecule has 0 aliphatic heterocycles. The van der Waals surface area contributed by atoms with E-state index in [9.17, 15) is 0 Å². The third-order valence-corrected chi connectivity index (χ3v) is 13.8. The molecule has 12 aromatic rings. The molecule has 2 nitrogen and oxygen atoms in total. The van der Waals surface area contributed by atoms with E-state index in [0.717, 1.165) is 39.2 Å². The second kappa shape index (κ2) is 13.5. The van der Waals surface area contributed by atoms with Crippen LogP contribution in [0, 0.1) is 0 Å². The highest BCUT2D eigenvalue weighted by Crippen LogP contribution is 2.52. The number of nitrogens with zero attached hydrogens (tertiary/aromatic N) is 1. The van der Waals surface area contributed by atoms with Gasteiger partial charge in [0.1, 0.15) is 11.2 Å². The predicted octanol–water partition coefficient (Wildman–Crippen LogP) is 17.3. The van der Waals surface area contributed by atoms with Crippen LogP contribution in [0.1, 0.15) is 25.0 Å². The van der Waals surface area contributed by atoms with Gasteiger partial charge in [0.2, 0.25) is 0 Å². The average Bonchev–Trinajstić information content (AvgIpc) is 3.83. The van der Waals surface area contributed by atoms with Crippen LogP contribution in [0.2, 0.25) is 0 Å². The summed E-state index contributed by atoms with van der Waals surface area (Å²) in [5, 5.41) is 12.2. The number of hydrogen-bond acceptors (Lipinski definition) is 2. The van der Waals surface area contributed by atoms with E-state index in [2.05, 4.69) is 231 Å². The fraction of sp³-hybridized carbons (Fsp3) is 0.0492. The largest absolute Gasteiger partial charge is 0.456 e. The van der Waals surface area contributed by atoms with Gasteiger partial charge in [-0.1, -0.05) is 166 Å². The Balaban J connectivity index is 1.02. The summed E-state index contributed by atoms with van der Waals surface area (Å²) in [4.78, 5) is 2.46. The van der Waals surface area contributed by atoms with Crippen LogP contribution in [0.25, 0.3) is 98.4 Å². The van der Waals surface area contributed by atoms with Gasteiger partial charge in [-0.3, -0.25) is 0 Å². The highest BCUT2D eigenvalue weighted by Gasteiger charge is 2.36. The van der Waals surface area contributed by atoms with E-state index in [0.29, 0.717) is 0 Å². The third-order valence-electron chi connectivity index (χ3n) is 13.8. The molecule has 296 valence electrons. The van der Waals surface area contributed by atoms with Crippen LogP contribution in [-0.2, 0) is 5.41 Å². The lowest BCUT2D eigenvalue weighted by molar-refractivity contribution is 0.660. The lowest BCUT2D eigenvalue weighted by Gasteiger charge is -2.30. The number of anilines is 3. The molecule has 0 N–H and O–H groups in total. The standard InChI is InChI=1S/C61H41NO/c1-61(2)54-20-10-7-17-48(54)49-32-30-44(37-55(49)61)62(43-28-25-39(26-29-43)41-24-23-38-13-3-4-14-40(38)35-41)56-21-11-8-15-45(56)42-27-31-47-46-16-5-6-18-50(46)59-51(53(47)36-42)33-34-58-60(59)52-19-9-12-22-57(52)63-58/h3-37H,1-2H3. The Morgan fingerprint density at radius 1 is 0.349 bits per heavy atom. The van der Waals surface area contributed by atoms with Crippen molar-refractivity contribution < 1.29 is 4.42 Å². The average molecular weight is 804 g/mol. The smallest absolute Gasteiger partial charge is 0.136 e. The molecule has 1 aliphatic rings. The minimum Gasteiger partial charge on any atom is -0.456 e. The molecule has 0 fully saturated rings. The summed E-state index contributed by atoms with van der Waals surface area (Å²) < 4.78 is 6.44. The van der Waals surface area contributed by atoms with Crippen molar-refractivity contribution >= 4 is 82.1 Å². The summed E-state index contributed by atoms with van der Waals surface area (Å²) in [5.41, 5.74) is 15.1. The number of rotatable bonds is 5. The number of fused-ring (bicyclic) bond motifs is 14. The van der Waals surface area contributed by atoms with Gasteiger partial charge in [0.25, 0.3) is 0 Å². The van der Waals surface area contributed by atoms with Gasteiger partial charge in [0.05, 0.1) is 5.69 Å². The van der Waals surface area contributed by atoms with Crippen molar-refractivity contribution in [3.8, 4) is 33.4 Å². The second-order valence-corrected chi connectivity index (χ2v) is 17.6. The summed E-state index contributed by atoms with van der Waals surface area (Å²) in [5.74, 6) is 0. The Kier molecular flexibility index (Phi) is 7.68.